The van der Waals surface area contributed by atoms with Crippen LogP contribution in [0.4, 0.5) is 0 Å². The maximum absolute atomic E-state index is 11.6. The molecule has 4 unspecified atom stereocenters. The summed E-state index contributed by atoms with van der Waals surface area (Å²) >= 11 is 0. The number of esters is 1. The maximum Gasteiger partial charge on any atom is 0.302 e. The van der Waals surface area contributed by atoms with Crippen LogP contribution in [0.1, 0.15) is 66.2 Å². The molecule has 23 heavy (non-hydrogen) atoms. The van der Waals surface area contributed by atoms with Crippen molar-refractivity contribution in [2.45, 2.75) is 77.9 Å². The zero-order chi connectivity index (χ0) is 16.4. The predicted molar refractivity (Wildman–Crippen MR) is 88.8 cm³/mol. The molecule has 3 nitrogen and oxygen atoms in total. The van der Waals surface area contributed by atoms with Gasteiger partial charge in [0.2, 0.25) is 0 Å². The van der Waals surface area contributed by atoms with Crippen LogP contribution in [-0.4, -0.2) is 24.3 Å². The molecule has 0 radical (unpaired) electrons. The molecule has 5 aliphatic rings. The highest BCUT2D eigenvalue weighted by atomic mass is 16.5. The molecular formula is C20H32O3. The number of fused-ring (bicyclic) bond motifs is 2. The van der Waals surface area contributed by atoms with E-state index in [1.807, 2.05) is 0 Å². The molecule has 5 fully saturated rings. The topological polar surface area (TPSA) is 35.5 Å². The molecule has 0 aromatic rings. The summed E-state index contributed by atoms with van der Waals surface area (Å²) < 4.78 is 12.6. The monoisotopic (exact) mass is 320 g/mol. The first-order valence-corrected chi connectivity index (χ1v) is 9.67. The first kappa shape index (κ1) is 15.9. The first-order valence-electron chi connectivity index (χ1n) is 9.67. The third-order valence-corrected chi connectivity index (χ3v) is 7.94. The van der Waals surface area contributed by atoms with E-state index in [9.17, 15) is 4.79 Å². The third kappa shape index (κ3) is 2.22. The van der Waals surface area contributed by atoms with Gasteiger partial charge in [0.15, 0.2) is 0 Å². The van der Waals surface area contributed by atoms with Crippen LogP contribution in [0.15, 0.2) is 0 Å². The average Bonchev–Trinajstić information content (AvgIpc) is 2.70. The van der Waals surface area contributed by atoms with Crippen LogP contribution >= 0.6 is 0 Å². The van der Waals surface area contributed by atoms with Crippen molar-refractivity contribution < 1.29 is 14.3 Å². The van der Waals surface area contributed by atoms with Gasteiger partial charge >= 0.3 is 5.97 Å². The van der Waals surface area contributed by atoms with Gasteiger partial charge in [0.05, 0.1) is 12.2 Å². The minimum atomic E-state index is -0.121. The van der Waals surface area contributed by atoms with Crippen molar-refractivity contribution in [3.63, 3.8) is 0 Å². The molecule has 8 atom stereocenters. The zero-order valence-corrected chi connectivity index (χ0v) is 15.1. The van der Waals surface area contributed by atoms with Crippen molar-refractivity contribution >= 4 is 5.97 Å². The lowest BCUT2D eigenvalue weighted by atomic mass is 9.50. The molecule has 1 spiro atoms. The second kappa shape index (κ2) is 5.21. The Morgan fingerprint density at radius 3 is 2.70 bits per heavy atom. The van der Waals surface area contributed by atoms with Crippen LogP contribution in [-0.2, 0) is 14.3 Å². The number of ether oxygens (including phenoxy) is 2. The normalized spacial score (nSPS) is 55.0. The van der Waals surface area contributed by atoms with Crippen LogP contribution in [0.5, 0.6) is 0 Å². The van der Waals surface area contributed by atoms with E-state index < -0.39 is 0 Å². The van der Waals surface area contributed by atoms with Crippen molar-refractivity contribution in [1.29, 1.82) is 0 Å². The number of carbonyl (C=O) groups excluding carboxylic acids is 1. The second-order valence-electron chi connectivity index (χ2n) is 9.40. The first-order chi connectivity index (χ1) is 10.9. The van der Waals surface area contributed by atoms with E-state index >= 15 is 0 Å². The molecule has 2 aliphatic heterocycles. The fraction of sp³-hybridized carbons (Fsp3) is 0.950. The Morgan fingerprint density at radius 1 is 1.17 bits per heavy atom. The molecule has 0 amide bonds. The van der Waals surface area contributed by atoms with Crippen LogP contribution in [0.25, 0.3) is 0 Å². The minimum absolute atomic E-state index is 0.0732. The standard InChI is InChI=1S/C20H32O3/c1-12-5-6-17-13(2)18(23-14(3)21)9-15-10-19(4)8-7-16(12)20(15,17)22-11-19/h12-13,15-18H,5-11H2,1-4H3/t12-,13-,15?,16+,17?,18?,19?,20-/m1/s1. The Hall–Kier alpha value is -0.570. The lowest BCUT2D eigenvalue weighted by Crippen LogP contribution is -2.66. The summed E-state index contributed by atoms with van der Waals surface area (Å²) in [4.78, 5) is 11.6. The summed E-state index contributed by atoms with van der Waals surface area (Å²) in [7, 11) is 0. The van der Waals surface area contributed by atoms with Crippen LogP contribution in [0.2, 0.25) is 0 Å². The van der Waals surface area contributed by atoms with Crippen molar-refractivity contribution in [2.75, 3.05) is 6.61 Å². The van der Waals surface area contributed by atoms with E-state index in [2.05, 4.69) is 20.8 Å². The molecule has 0 aromatic heterocycles. The molecule has 2 bridgehead atoms. The molecule has 0 N–H and O–H groups in total. The van der Waals surface area contributed by atoms with Crippen LogP contribution in [0, 0.1) is 35.0 Å². The van der Waals surface area contributed by atoms with Crippen LogP contribution in [0.3, 0.4) is 0 Å². The van der Waals surface area contributed by atoms with Crippen molar-refractivity contribution in [3.05, 3.63) is 0 Å². The Morgan fingerprint density at radius 2 is 1.96 bits per heavy atom. The molecule has 130 valence electrons. The van der Waals surface area contributed by atoms with E-state index in [-0.39, 0.29) is 17.7 Å². The highest BCUT2D eigenvalue weighted by Gasteiger charge is 2.65. The van der Waals surface area contributed by atoms with Gasteiger partial charge in [-0.3, -0.25) is 4.79 Å². The number of carbonyl (C=O) groups is 1. The highest BCUT2D eigenvalue weighted by Crippen LogP contribution is 2.64. The van der Waals surface area contributed by atoms with Crippen molar-refractivity contribution in [1.82, 2.24) is 0 Å². The number of hydrogen-bond donors (Lipinski definition) is 0. The molecule has 3 aliphatic carbocycles. The van der Waals surface area contributed by atoms with Gasteiger partial charge in [-0.25, -0.2) is 0 Å². The van der Waals surface area contributed by atoms with Gasteiger partial charge in [-0.1, -0.05) is 20.8 Å². The highest BCUT2D eigenvalue weighted by molar-refractivity contribution is 5.66. The van der Waals surface area contributed by atoms with E-state index in [1.165, 1.54) is 32.1 Å². The van der Waals surface area contributed by atoms with Gasteiger partial charge in [-0.2, -0.15) is 0 Å². The summed E-state index contributed by atoms with van der Waals surface area (Å²) in [6.45, 7) is 9.65. The largest absolute Gasteiger partial charge is 0.462 e. The molecule has 3 heteroatoms. The quantitative estimate of drug-likeness (QED) is 0.679. The zero-order valence-electron chi connectivity index (χ0n) is 15.1. The fourth-order valence-corrected chi connectivity index (χ4v) is 6.89. The summed E-state index contributed by atoms with van der Waals surface area (Å²) in [6, 6.07) is 0. The molecule has 3 saturated carbocycles. The summed E-state index contributed by atoms with van der Waals surface area (Å²) in [6.07, 6.45) is 7.54. The summed E-state index contributed by atoms with van der Waals surface area (Å²) in [5.74, 6) is 2.91. The second-order valence-corrected chi connectivity index (χ2v) is 9.40. The van der Waals surface area contributed by atoms with E-state index in [0.717, 1.165) is 18.9 Å². The molecule has 2 saturated heterocycles. The van der Waals surface area contributed by atoms with E-state index in [4.69, 9.17) is 9.47 Å². The van der Waals surface area contributed by atoms with Gasteiger partial charge in [0, 0.05) is 6.92 Å². The lowest BCUT2D eigenvalue weighted by Gasteiger charge is -2.63. The molecule has 5 rings (SSSR count). The maximum atomic E-state index is 11.6. The average molecular weight is 320 g/mol. The SMILES string of the molecule is CC(=O)OC1CC2CC3(C)CC[C@H]4[C@H](C)CCC([C@H]1C)[C@@]24OC3. The predicted octanol–water partition coefficient (Wildman–Crippen LogP) is 4.20. The Balaban J connectivity index is 1.74. The van der Waals surface area contributed by atoms with Gasteiger partial charge in [-0.15, -0.1) is 0 Å². The van der Waals surface area contributed by atoms with Gasteiger partial charge in [-0.05, 0) is 73.5 Å². The third-order valence-electron chi connectivity index (χ3n) is 7.94. The Kier molecular flexibility index (Phi) is 3.61. The van der Waals surface area contributed by atoms with E-state index in [0.29, 0.717) is 29.1 Å². The Labute approximate surface area is 140 Å². The Bertz CT molecular complexity index is 503. The lowest BCUT2D eigenvalue weighted by molar-refractivity contribution is -0.266. The van der Waals surface area contributed by atoms with Crippen LogP contribution < -0.4 is 0 Å². The van der Waals surface area contributed by atoms with Gasteiger partial charge in [0.1, 0.15) is 6.10 Å². The molecule has 2 heterocycles. The van der Waals surface area contributed by atoms with E-state index in [1.54, 1.807) is 6.92 Å². The smallest absolute Gasteiger partial charge is 0.302 e. The fourth-order valence-electron chi connectivity index (χ4n) is 6.89. The van der Waals surface area contributed by atoms with Crippen molar-refractivity contribution in [2.24, 2.45) is 35.0 Å². The van der Waals surface area contributed by atoms with Gasteiger partial charge in [0.25, 0.3) is 0 Å². The minimum Gasteiger partial charge on any atom is -0.462 e. The van der Waals surface area contributed by atoms with Gasteiger partial charge < -0.3 is 9.47 Å². The molecular weight excluding hydrogens is 288 g/mol. The van der Waals surface area contributed by atoms with Crippen molar-refractivity contribution in [3.8, 4) is 0 Å². The number of rotatable bonds is 1. The summed E-state index contributed by atoms with van der Waals surface area (Å²) in [5, 5.41) is 0. The summed E-state index contributed by atoms with van der Waals surface area (Å²) in [5.41, 5.74) is 0.405. The number of hydrogen-bond acceptors (Lipinski definition) is 3. The molecule has 0 aromatic carbocycles.